The smallest absolute Gasteiger partial charge is 0.209 e. The highest BCUT2D eigenvalue weighted by Crippen LogP contribution is 2.52. The molecule has 4 rings (SSSR count). The zero-order valence-electron chi connectivity index (χ0n) is 22.1. The molecule has 0 aliphatic heterocycles. The van der Waals surface area contributed by atoms with Gasteiger partial charge in [-0.05, 0) is 70.1 Å². The van der Waals surface area contributed by atoms with E-state index < -0.39 is 51.9 Å². The van der Waals surface area contributed by atoms with Gasteiger partial charge in [-0.3, -0.25) is 14.4 Å². The van der Waals surface area contributed by atoms with Crippen LogP contribution in [0.3, 0.4) is 0 Å². The number of phenolic OH excluding ortho intramolecular Hbond substituents is 1. The minimum Gasteiger partial charge on any atom is -0.511 e. The molecule has 3 aliphatic carbocycles. The van der Waals surface area contributed by atoms with Crippen LogP contribution in [0, 0.1) is 11.8 Å². The van der Waals surface area contributed by atoms with Crippen LogP contribution in [-0.4, -0.2) is 69.7 Å². The van der Waals surface area contributed by atoms with Gasteiger partial charge in [-0.1, -0.05) is 0 Å². The Morgan fingerprint density at radius 1 is 1.16 bits per heavy atom. The highest BCUT2D eigenvalue weighted by Gasteiger charge is 2.59. The Morgan fingerprint density at radius 2 is 1.81 bits per heavy atom. The molecule has 1 aromatic rings. The summed E-state index contributed by atoms with van der Waals surface area (Å²) in [5.41, 5.74) is -1.67. The van der Waals surface area contributed by atoms with Crippen LogP contribution < -0.4 is 4.90 Å². The lowest BCUT2D eigenvalue weighted by Crippen LogP contribution is -2.56. The molecule has 0 heterocycles. The van der Waals surface area contributed by atoms with Gasteiger partial charge in [0.15, 0.2) is 17.2 Å². The molecule has 0 radical (unpaired) electrons. The van der Waals surface area contributed by atoms with E-state index in [2.05, 4.69) is 0 Å². The molecular formula is C28H35NO8. The van der Waals surface area contributed by atoms with Gasteiger partial charge < -0.3 is 30.1 Å². The van der Waals surface area contributed by atoms with Crippen molar-refractivity contribution in [2.24, 2.45) is 11.8 Å². The highest BCUT2D eigenvalue weighted by molar-refractivity contribution is 6.25. The number of Topliss-reactive ketones (excluding diaryl/α,β-unsaturated/α-hetero) is 3. The molecular weight excluding hydrogens is 478 g/mol. The monoisotopic (exact) mass is 513 g/mol. The maximum Gasteiger partial charge on any atom is 0.209 e. The number of hydrogen-bond donors (Lipinski definition) is 4. The predicted octanol–water partition coefficient (Wildman–Crippen LogP) is 3.11. The first-order chi connectivity index (χ1) is 17.1. The van der Waals surface area contributed by atoms with Crippen LogP contribution in [0.2, 0.25) is 0 Å². The van der Waals surface area contributed by atoms with Crippen LogP contribution in [0.15, 0.2) is 28.7 Å². The number of hydrogen-bond acceptors (Lipinski definition) is 9. The number of carbonyl (C=O) groups is 3. The highest BCUT2D eigenvalue weighted by atomic mass is 16.5. The van der Waals surface area contributed by atoms with Gasteiger partial charge in [-0.15, -0.1) is 0 Å². The Morgan fingerprint density at radius 3 is 2.38 bits per heavy atom. The Kier molecular flexibility index (Phi) is 6.53. The summed E-state index contributed by atoms with van der Waals surface area (Å²) in [6, 6.07) is 1.83. The van der Waals surface area contributed by atoms with Crippen molar-refractivity contribution in [3.8, 4) is 5.75 Å². The number of aliphatic hydroxyl groups excluding tert-OH is 2. The number of nitrogens with zero attached hydrogens (tertiary/aromatic N) is 1. The molecule has 4 N–H and O–H groups in total. The molecule has 3 aliphatic rings. The molecule has 37 heavy (non-hydrogen) atoms. The lowest BCUT2D eigenvalue weighted by molar-refractivity contribution is -0.144. The van der Waals surface area contributed by atoms with Crippen LogP contribution in [0.25, 0.3) is 0 Å². The second-order valence-electron chi connectivity index (χ2n) is 11.5. The summed E-state index contributed by atoms with van der Waals surface area (Å²) in [7, 11) is 3.67. The molecule has 0 bridgehead atoms. The summed E-state index contributed by atoms with van der Waals surface area (Å²) in [6.45, 7) is 7.17. The van der Waals surface area contributed by atoms with E-state index in [4.69, 9.17) is 4.74 Å². The average Bonchev–Trinajstić information content (AvgIpc) is 2.76. The normalized spacial score (nSPS) is 25.6. The van der Waals surface area contributed by atoms with E-state index in [0.717, 1.165) is 12.6 Å². The third kappa shape index (κ3) is 4.24. The number of fused-ring (bicyclic) bond motifs is 3. The number of ketones is 3. The number of allylic oxidation sites excluding steroid dienone is 2. The molecule has 200 valence electrons. The van der Waals surface area contributed by atoms with Gasteiger partial charge in [0.05, 0.1) is 17.8 Å². The van der Waals surface area contributed by atoms with Crippen LogP contribution in [0.4, 0.5) is 5.69 Å². The molecule has 0 unspecified atom stereocenters. The minimum absolute atomic E-state index is 0.0326. The standard InChI is InChI=1S/C28H35NO8/c1-13(30)20-19(31)12-16-9-15-10-17-18(29(5)6)11-14(7-8-37-27(2,3)4)23(32)22(17)24(33)21(15)26(35)28(16,36)25(20)34/h11,15-16,31-32,35-36H,7-10,12H2,1-6H3/t15-,16+,28-/m1/s1. The first-order valence-corrected chi connectivity index (χ1v) is 12.5. The number of anilines is 1. The van der Waals surface area contributed by atoms with E-state index in [0.29, 0.717) is 24.2 Å². The molecule has 0 amide bonds. The summed E-state index contributed by atoms with van der Waals surface area (Å²) < 4.78 is 5.80. The van der Waals surface area contributed by atoms with Gasteiger partial charge in [-0.25, -0.2) is 0 Å². The number of ether oxygens (including phenoxy) is 1. The molecule has 0 saturated carbocycles. The zero-order valence-corrected chi connectivity index (χ0v) is 22.1. The number of rotatable bonds is 5. The van der Waals surface area contributed by atoms with E-state index in [1.807, 2.05) is 45.8 Å². The first kappa shape index (κ1) is 26.9. The second kappa shape index (κ2) is 8.99. The van der Waals surface area contributed by atoms with Crippen molar-refractivity contribution in [2.45, 2.75) is 64.6 Å². The molecule has 0 aromatic heterocycles. The fourth-order valence-electron chi connectivity index (χ4n) is 5.89. The Hall–Kier alpha value is -3.17. The number of aromatic hydroxyl groups is 1. The molecule has 1 aromatic carbocycles. The van der Waals surface area contributed by atoms with Gasteiger partial charge in [0.1, 0.15) is 22.8 Å². The summed E-state index contributed by atoms with van der Waals surface area (Å²) in [4.78, 5) is 40.9. The van der Waals surface area contributed by atoms with Crippen molar-refractivity contribution in [1.29, 1.82) is 0 Å². The lowest BCUT2D eigenvalue weighted by Gasteiger charge is -2.46. The van der Waals surface area contributed by atoms with E-state index in [1.54, 1.807) is 0 Å². The maximum absolute atomic E-state index is 13.9. The topological polar surface area (TPSA) is 145 Å². The van der Waals surface area contributed by atoms with Crippen molar-refractivity contribution in [2.75, 3.05) is 25.6 Å². The summed E-state index contributed by atoms with van der Waals surface area (Å²) in [5, 5.41) is 44.2. The Balaban J connectivity index is 1.84. The maximum atomic E-state index is 13.9. The van der Waals surface area contributed by atoms with Crippen LogP contribution in [-0.2, 0) is 27.2 Å². The fourth-order valence-corrected chi connectivity index (χ4v) is 5.89. The number of aliphatic hydroxyl groups is 3. The third-order valence-corrected chi connectivity index (χ3v) is 7.61. The van der Waals surface area contributed by atoms with Crippen LogP contribution in [0.5, 0.6) is 5.75 Å². The largest absolute Gasteiger partial charge is 0.511 e. The molecule has 0 spiro atoms. The molecule has 9 nitrogen and oxygen atoms in total. The van der Waals surface area contributed by atoms with Crippen molar-refractivity contribution >= 4 is 23.0 Å². The molecule has 0 saturated heterocycles. The van der Waals surface area contributed by atoms with E-state index in [9.17, 15) is 34.8 Å². The van der Waals surface area contributed by atoms with Crippen molar-refractivity contribution in [1.82, 2.24) is 0 Å². The summed E-state index contributed by atoms with van der Waals surface area (Å²) in [5.74, 6) is -5.38. The Labute approximate surface area is 216 Å². The summed E-state index contributed by atoms with van der Waals surface area (Å²) >= 11 is 0. The van der Waals surface area contributed by atoms with Crippen molar-refractivity contribution in [3.05, 3.63) is 45.4 Å². The van der Waals surface area contributed by atoms with E-state index in [1.165, 1.54) is 0 Å². The van der Waals surface area contributed by atoms with Crippen molar-refractivity contribution < 1.29 is 39.5 Å². The van der Waals surface area contributed by atoms with Crippen molar-refractivity contribution in [3.63, 3.8) is 0 Å². The van der Waals surface area contributed by atoms with Crippen LogP contribution >= 0.6 is 0 Å². The lowest BCUT2D eigenvalue weighted by atomic mass is 9.60. The summed E-state index contributed by atoms with van der Waals surface area (Å²) in [6.07, 6.45) is 0.585. The Bertz CT molecular complexity index is 1270. The fraction of sp³-hybridized carbons (Fsp3) is 0.536. The molecule has 9 heteroatoms. The quantitative estimate of drug-likeness (QED) is 0.436. The average molecular weight is 514 g/mol. The second-order valence-corrected chi connectivity index (χ2v) is 11.5. The van der Waals surface area contributed by atoms with E-state index >= 15 is 0 Å². The number of carbonyl (C=O) groups excluding carboxylic acids is 3. The third-order valence-electron chi connectivity index (χ3n) is 7.61. The van der Waals surface area contributed by atoms with Gasteiger partial charge in [-0.2, -0.15) is 0 Å². The SMILES string of the molecule is CC(=O)C1=C(O)C[C@@H]2C[C@@H]3Cc4c(N(C)C)cc(CCOC(C)(C)C)c(O)c4C(=O)C3=C(O)[C@]2(O)C1=O. The van der Waals surface area contributed by atoms with Gasteiger partial charge in [0.2, 0.25) is 5.78 Å². The first-order valence-electron chi connectivity index (χ1n) is 12.5. The number of phenols is 1. The van der Waals surface area contributed by atoms with Gasteiger partial charge >= 0.3 is 0 Å². The minimum atomic E-state index is -2.50. The zero-order chi connectivity index (χ0) is 27.6. The number of benzene rings is 1. The van der Waals surface area contributed by atoms with Crippen LogP contribution in [0.1, 0.15) is 62.0 Å². The molecule has 0 fully saturated rings. The van der Waals surface area contributed by atoms with Gasteiger partial charge in [0.25, 0.3) is 0 Å². The predicted molar refractivity (Wildman–Crippen MR) is 136 cm³/mol. The van der Waals surface area contributed by atoms with E-state index in [-0.39, 0.29) is 41.7 Å². The molecule has 3 atom stereocenters. The van der Waals surface area contributed by atoms with Gasteiger partial charge in [0, 0.05) is 37.7 Å².